The van der Waals surface area contributed by atoms with Crippen LogP contribution in [0, 0.1) is 0 Å². The maximum Gasteiger partial charge on any atom is 0.255 e. The SMILES string of the molecule is COc1ccc(C(=O)Nc2ccc(-c3ccc(C(C)=O)cc3)c3c2C(=O)CC3)cc1. The average Bonchev–Trinajstić information content (AvgIpc) is 3.16. The van der Waals surface area contributed by atoms with Crippen molar-refractivity contribution in [2.24, 2.45) is 0 Å². The Morgan fingerprint density at radius 3 is 2.17 bits per heavy atom. The summed E-state index contributed by atoms with van der Waals surface area (Å²) >= 11 is 0. The van der Waals surface area contributed by atoms with Crippen molar-refractivity contribution >= 4 is 23.2 Å². The first-order chi connectivity index (χ1) is 14.5. The van der Waals surface area contributed by atoms with Crippen molar-refractivity contribution in [3.05, 3.63) is 82.9 Å². The smallest absolute Gasteiger partial charge is 0.255 e. The van der Waals surface area contributed by atoms with E-state index in [-0.39, 0.29) is 17.5 Å². The number of fused-ring (bicyclic) bond motifs is 1. The molecule has 4 rings (SSSR count). The van der Waals surface area contributed by atoms with Gasteiger partial charge >= 0.3 is 0 Å². The summed E-state index contributed by atoms with van der Waals surface area (Å²) in [7, 11) is 1.57. The van der Waals surface area contributed by atoms with Gasteiger partial charge in [0.1, 0.15) is 5.75 Å². The molecule has 1 aliphatic carbocycles. The van der Waals surface area contributed by atoms with Gasteiger partial charge < -0.3 is 10.1 Å². The number of anilines is 1. The third-order valence-electron chi connectivity index (χ3n) is 5.40. The molecule has 5 heteroatoms. The quantitative estimate of drug-likeness (QED) is 0.617. The maximum atomic E-state index is 12.7. The van der Waals surface area contributed by atoms with E-state index in [1.807, 2.05) is 18.2 Å². The number of Topliss-reactive ketones (excluding diaryl/α,β-unsaturated/α-hetero) is 2. The number of benzene rings is 3. The summed E-state index contributed by atoms with van der Waals surface area (Å²) in [6, 6.07) is 17.9. The fraction of sp³-hybridized carbons (Fsp3) is 0.160. The van der Waals surface area contributed by atoms with Crippen molar-refractivity contribution in [1.29, 1.82) is 0 Å². The van der Waals surface area contributed by atoms with E-state index >= 15 is 0 Å². The van der Waals surface area contributed by atoms with Gasteiger partial charge in [-0.05, 0) is 60.4 Å². The van der Waals surface area contributed by atoms with Crippen LogP contribution >= 0.6 is 0 Å². The van der Waals surface area contributed by atoms with Crippen molar-refractivity contribution in [3.63, 3.8) is 0 Å². The number of carbonyl (C=O) groups excluding carboxylic acids is 3. The molecule has 5 nitrogen and oxygen atoms in total. The number of nitrogens with one attached hydrogen (secondary N) is 1. The standard InChI is InChI=1S/C25H21NO4/c1-15(27)16-3-5-17(6-4-16)20-11-13-22(24-21(20)12-14-23(24)28)26-25(29)18-7-9-19(30-2)10-8-18/h3-11,13H,12,14H2,1-2H3,(H,26,29). The van der Waals surface area contributed by atoms with Gasteiger partial charge in [-0.15, -0.1) is 0 Å². The van der Waals surface area contributed by atoms with E-state index in [1.54, 1.807) is 49.6 Å². The lowest BCUT2D eigenvalue weighted by molar-refractivity contribution is 0.0992. The summed E-state index contributed by atoms with van der Waals surface area (Å²) in [6.07, 6.45) is 1.05. The third kappa shape index (κ3) is 3.62. The van der Waals surface area contributed by atoms with Gasteiger partial charge in [0.15, 0.2) is 11.6 Å². The number of hydrogen-bond acceptors (Lipinski definition) is 4. The second kappa shape index (κ2) is 7.95. The summed E-state index contributed by atoms with van der Waals surface area (Å²) < 4.78 is 5.12. The first-order valence-electron chi connectivity index (χ1n) is 9.74. The Hall–Kier alpha value is -3.73. The molecule has 0 saturated carbocycles. The monoisotopic (exact) mass is 399 g/mol. The Bertz CT molecular complexity index is 1150. The minimum absolute atomic E-state index is 0.0125. The van der Waals surface area contributed by atoms with Crippen LogP contribution in [0.3, 0.4) is 0 Å². The van der Waals surface area contributed by atoms with Gasteiger partial charge in [-0.3, -0.25) is 14.4 Å². The first-order valence-corrected chi connectivity index (χ1v) is 9.74. The fourth-order valence-electron chi connectivity index (χ4n) is 3.79. The van der Waals surface area contributed by atoms with Gasteiger partial charge in [-0.25, -0.2) is 0 Å². The molecular weight excluding hydrogens is 378 g/mol. The number of amides is 1. The molecule has 0 atom stereocenters. The minimum atomic E-state index is -0.280. The molecule has 3 aromatic carbocycles. The van der Waals surface area contributed by atoms with Crippen LogP contribution in [0.15, 0.2) is 60.7 Å². The van der Waals surface area contributed by atoms with Crippen molar-refractivity contribution < 1.29 is 19.1 Å². The molecule has 0 unspecified atom stereocenters. The summed E-state index contributed by atoms with van der Waals surface area (Å²) in [5.74, 6) is 0.427. The molecular formula is C25H21NO4. The van der Waals surface area contributed by atoms with Crippen LogP contribution in [0.2, 0.25) is 0 Å². The van der Waals surface area contributed by atoms with Gasteiger partial charge in [0, 0.05) is 23.1 Å². The summed E-state index contributed by atoms with van der Waals surface area (Å²) in [5.41, 5.74) is 5.06. The van der Waals surface area contributed by atoms with Gasteiger partial charge in [-0.1, -0.05) is 30.3 Å². The van der Waals surface area contributed by atoms with Crippen LogP contribution in [0.1, 0.15) is 50.0 Å². The zero-order chi connectivity index (χ0) is 21.3. The molecule has 0 aliphatic heterocycles. The number of rotatable bonds is 5. The van der Waals surface area contributed by atoms with Crippen molar-refractivity contribution in [2.75, 3.05) is 12.4 Å². The second-order valence-electron chi connectivity index (χ2n) is 7.25. The number of ketones is 2. The fourth-order valence-corrected chi connectivity index (χ4v) is 3.79. The first kappa shape index (κ1) is 19.6. The molecule has 0 saturated heterocycles. The Kier molecular flexibility index (Phi) is 5.19. The molecule has 0 aromatic heterocycles. The highest BCUT2D eigenvalue weighted by atomic mass is 16.5. The van der Waals surface area contributed by atoms with Crippen molar-refractivity contribution in [2.45, 2.75) is 19.8 Å². The van der Waals surface area contributed by atoms with E-state index in [4.69, 9.17) is 4.74 Å². The maximum absolute atomic E-state index is 12.7. The molecule has 3 aromatic rings. The van der Waals surface area contributed by atoms with E-state index in [0.29, 0.717) is 41.0 Å². The number of ether oxygens (including phenoxy) is 1. The lowest BCUT2D eigenvalue weighted by Crippen LogP contribution is -2.14. The van der Waals surface area contributed by atoms with E-state index in [0.717, 1.165) is 16.7 Å². The average molecular weight is 399 g/mol. The van der Waals surface area contributed by atoms with Gasteiger partial charge in [0.2, 0.25) is 0 Å². The Balaban J connectivity index is 1.67. The van der Waals surface area contributed by atoms with Gasteiger partial charge in [0.25, 0.3) is 5.91 Å². The van der Waals surface area contributed by atoms with Crippen molar-refractivity contribution in [3.8, 4) is 16.9 Å². The van der Waals surface area contributed by atoms with Gasteiger partial charge in [0.05, 0.1) is 12.8 Å². The zero-order valence-corrected chi connectivity index (χ0v) is 16.8. The Labute approximate surface area is 174 Å². The number of methoxy groups -OCH3 is 1. The van der Waals surface area contributed by atoms with Crippen molar-refractivity contribution in [1.82, 2.24) is 0 Å². The van der Waals surface area contributed by atoms with Gasteiger partial charge in [-0.2, -0.15) is 0 Å². The molecule has 1 amide bonds. The minimum Gasteiger partial charge on any atom is -0.497 e. The lowest BCUT2D eigenvalue weighted by atomic mass is 9.94. The van der Waals surface area contributed by atoms with Crippen LogP contribution in [0.5, 0.6) is 5.75 Å². The van der Waals surface area contributed by atoms with Crippen LogP contribution in [0.25, 0.3) is 11.1 Å². The van der Waals surface area contributed by atoms with Crippen LogP contribution in [0.4, 0.5) is 5.69 Å². The van der Waals surface area contributed by atoms with Crippen LogP contribution in [-0.2, 0) is 6.42 Å². The second-order valence-corrected chi connectivity index (χ2v) is 7.25. The molecule has 0 fully saturated rings. The third-order valence-corrected chi connectivity index (χ3v) is 5.40. The molecule has 0 radical (unpaired) electrons. The molecule has 1 N–H and O–H groups in total. The van der Waals surface area contributed by atoms with E-state index < -0.39 is 0 Å². The van der Waals surface area contributed by atoms with E-state index in [2.05, 4.69) is 5.32 Å². The molecule has 1 aliphatic rings. The van der Waals surface area contributed by atoms with Crippen LogP contribution in [-0.4, -0.2) is 24.6 Å². The largest absolute Gasteiger partial charge is 0.497 e. The lowest BCUT2D eigenvalue weighted by Gasteiger charge is -2.14. The predicted molar refractivity (Wildman–Crippen MR) is 115 cm³/mol. The van der Waals surface area contributed by atoms with E-state index in [1.165, 1.54) is 6.92 Å². The zero-order valence-electron chi connectivity index (χ0n) is 16.8. The van der Waals surface area contributed by atoms with Crippen LogP contribution < -0.4 is 10.1 Å². The molecule has 0 bridgehead atoms. The number of carbonyl (C=O) groups is 3. The normalized spacial score (nSPS) is 12.4. The molecule has 30 heavy (non-hydrogen) atoms. The Morgan fingerprint density at radius 2 is 1.53 bits per heavy atom. The Morgan fingerprint density at radius 1 is 0.867 bits per heavy atom. The highest BCUT2D eigenvalue weighted by Crippen LogP contribution is 2.37. The molecule has 150 valence electrons. The molecule has 0 spiro atoms. The number of hydrogen-bond donors (Lipinski definition) is 1. The summed E-state index contributed by atoms with van der Waals surface area (Å²) in [5, 5.41) is 2.88. The summed E-state index contributed by atoms with van der Waals surface area (Å²) in [6.45, 7) is 1.53. The predicted octanol–water partition coefficient (Wildman–Crippen LogP) is 4.95. The highest BCUT2D eigenvalue weighted by molar-refractivity contribution is 6.12. The highest BCUT2D eigenvalue weighted by Gasteiger charge is 2.27. The summed E-state index contributed by atoms with van der Waals surface area (Å²) in [4.78, 5) is 36.8. The topological polar surface area (TPSA) is 72.5 Å². The molecule has 0 heterocycles. The van der Waals surface area contributed by atoms with E-state index in [9.17, 15) is 14.4 Å².